The summed E-state index contributed by atoms with van der Waals surface area (Å²) in [7, 11) is 3.26. The molecule has 3 N–H and O–H groups in total. The Hall–Kier alpha value is -2.21. The van der Waals surface area contributed by atoms with Crippen molar-refractivity contribution in [3.8, 4) is 11.5 Å². The largest absolute Gasteiger partial charge is 0.493 e. The molecule has 1 aromatic carbocycles. The Kier molecular flexibility index (Phi) is 5.86. The van der Waals surface area contributed by atoms with E-state index in [2.05, 4.69) is 21.7 Å². The van der Waals surface area contributed by atoms with Gasteiger partial charge in [0, 0.05) is 0 Å². The minimum Gasteiger partial charge on any atom is -0.493 e. The Morgan fingerprint density at radius 1 is 1.25 bits per heavy atom. The number of halogens is 1. The van der Waals surface area contributed by atoms with Gasteiger partial charge in [0.1, 0.15) is 6.34 Å². The van der Waals surface area contributed by atoms with E-state index in [0.717, 1.165) is 29.1 Å². The third kappa shape index (κ3) is 3.42. The molecular formula is C13H17ClN4O2. The molecule has 108 valence electrons. The van der Waals surface area contributed by atoms with Gasteiger partial charge in [-0.15, -0.1) is 12.4 Å². The fourth-order valence-electron chi connectivity index (χ4n) is 1.96. The van der Waals surface area contributed by atoms with Crippen molar-refractivity contribution in [3.05, 3.63) is 28.8 Å². The number of hydrazone groups is 2. The number of rotatable bonds is 5. The summed E-state index contributed by atoms with van der Waals surface area (Å²) in [4.78, 5) is 0. The fourth-order valence-corrected chi connectivity index (χ4v) is 1.96. The van der Waals surface area contributed by atoms with E-state index >= 15 is 0 Å². The van der Waals surface area contributed by atoms with Gasteiger partial charge in [-0.05, 0) is 41.3 Å². The second-order valence-electron chi connectivity index (χ2n) is 3.97. The van der Waals surface area contributed by atoms with Crippen LogP contribution in [0.5, 0.6) is 11.5 Å². The topological polar surface area (TPSA) is 81.2 Å². The lowest BCUT2D eigenvalue weighted by molar-refractivity contribution is 0.354. The molecule has 1 aromatic rings. The molecule has 1 aliphatic rings. The highest BCUT2D eigenvalue weighted by atomic mass is 35.5. The van der Waals surface area contributed by atoms with Crippen molar-refractivity contribution >= 4 is 31.0 Å². The van der Waals surface area contributed by atoms with Crippen molar-refractivity contribution in [2.45, 2.75) is 6.42 Å². The number of ether oxygens (including phenoxy) is 2. The molecule has 0 radical (unpaired) electrons. The lowest BCUT2D eigenvalue weighted by Gasteiger charge is -2.09. The zero-order valence-corrected chi connectivity index (χ0v) is 12.1. The van der Waals surface area contributed by atoms with Crippen LogP contribution in [0.3, 0.4) is 0 Å². The van der Waals surface area contributed by atoms with Crippen molar-refractivity contribution < 1.29 is 9.47 Å². The van der Waals surface area contributed by atoms with Crippen LogP contribution >= 0.6 is 12.4 Å². The van der Waals surface area contributed by atoms with Crippen molar-refractivity contribution in [2.24, 2.45) is 16.0 Å². The van der Waals surface area contributed by atoms with E-state index in [-0.39, 0.29) is 12.4 Å². The molecule has 2 rings (SSSR count). The standard InChI is InChI=1S/C13H16N4O2.ClH/c1-18-12-5-10-3-9(7-16-17-8-15-14)4-11(10)6-13(12)19-2;/h3,5-8H,4,14H2,1-2H3,(H,15,17);1H. The summed E-state index contributed by atoms with van der Waals surface area (Å²) in [5.74, 6) is 6.41. The molecule has 6 nitrogen and oxygen atoms in total. The van der Waals surface area contributed by atoms with Crippen molar-refractivity contribution in [3.63, 3.8) is 0 Å². The summed E-state index contributed by atoms with van der Waals surface area (Å²) in [6.07, 6.45) is 5.91. The first-order valence-corrected chi connectivity index (χ1v) is 5.74. The van der Waals surface area contributed by atoms with E-state index in [4.69, 9.17) is 15.3 Å². The van der Waals surface area contributed by atoms with Crippen LogP contribution in [0.4, 0.5) is 0 Å². The van der Waals surface area contributed by atoms with Gasteiger partial charge in [-0.1, -0.05) is 0 Å². The summed E-state index contributed by atoms with van der Waals surface area (Å²) in [6.45, 7) is 0. The minimum absolute atomic E-state index is 0. The van der Waals surface area contributed by atoms with Gasteiger partial charge in [-0.2, -0.15) is 10.2 Å². The van der Waals surface area contributed by atoms with Crippen LogP contribution in [0.2, 0.25) is 0 Å². The maximum atomic E-state index is 5.28. The van der Waals surface area contributed by atoms with Crippen molar-refractivity contribution in [1.82, 2.24) is 5.43 Å². The second kappa shape index (κ2) is 7.40. The first-order chi connectivity index (χ1) is 9.28. The summed E-state index contributed by atoms with van der Waals surface area (Å²) >= 11 is 0. The maximum Gasteiger partial charge on any atom is 0.161 e. The third-order valence-electron chi connectivity index (χ3n) is 2.82. The number of allylic oxidation sites excluding steroid dienone is 1. The average molecular weight is 297 g/mol. The van der Waals surface area contributed by atoms with E-state index in [1.807, 2.05) is 12.1 Å². The van der Waals surface area contributed by atoms with Gasteiger partial charge < -0.3 is 15.3 Å². The molecule has 0 heterocycles. The maximum absolute atomic E-state index is 5.28. The minimum atomic E-state index is 0. The summed E-state index contributed by atoms with van der Waals surface area (Å²) in [5.41, 5.74) is 5.99. The zero-order valence-electron chi connectivity index (χ0n) is 11.3. The lowest BCUT2D eigenvalue weighted by atomic mass is 10.1. The van der Waals surface area contributed by atoms with E-state index < -0.39 is 0 Å². The predicted octanol–water partition coefficient (Wildman–Crippen LogP) is 1.54. The highest BCUT2D eigenvalue weighted by Crippen LogP contribution is 2.35. The quantitative estimate of drug-likeness (QED) is 0.374. The smallest absolute Gasteiger partial charge is 0.161 e. The Balaban J connectivity index is 0.00000200. The van der Waals surface area contributed by atoms with Crippen LogP contribution in [-0.2, 0) is 6.42 Å². The number of nitrogens with zero attached hydrogens (tertiary/aromatic N) is 2. The highest BCUT2D eigenvalue weighted by Gasteiger charge is 2.15. The molecule has 0 aliphatic heterocycles. The SMILES string of the molecule is COc1cc2c(cc1OC)CC(C=NNC=NN)=C2.Cl. The third-order valence-corrected chi connectivity index (χ3v) is 2.82. The number of hydrogen-bond acceptors (Lipinski definition) is 5. The Morgan fingerprint density at radius 3 is 2.60 bits per heavy atom. The molecule has 0 saturated heterocycles. The molecule has 0 unspecified atom stereocenters. The molecule has 0 amide bonds. The molecule has 0 spiro atoms. The van der Waals surface area contributed by atoms with Gasteiger partial charge >= 0.3 is 0 Å². The summed E-state index contributed by atoms with van der Waals surface area (Å²) in [5, 5.41) is 7.26. The van der Waals surface area contributed by atoms with Crippen LogP contribution in [0.1, 0.15) is 11.1 Å². The molecule has 0 aromatic heterocycles. The molecule has 1 aliphatic carbocycles. The van der Waals surface area contributed by atoms with E-state index in [1.165, 1.54) is 11.9 Å². The monoisotopic (exact) mass is 296 g/mol. The van der Waals surface area contributed by atoms with Gasteiger partial charge in [0.2, 0.25) is 0 Å². The molecule has 7 heteroatoms. The highest BCUT2D eigenvalue weighted by molar-refractivity contribution is 5.90. The van der Waals surface area contributed by atoms with Crippen molar-refractivity contribution in [2.75, 3.05) is 14.2 Å². The van der Waals surface area contributed by atoms with E-state index in [0.29, 0.717) is 0 Å². The van der Waals surface area contributed by atoms with Crippen LogP contribution in [-0.4, -0.2) is 26.8 Å². The van der Waals surface area contributed by atoms with Gasteiger partial charge in [0.05, 0.1) is 20.4 Å². The molecule has 0 atom stereocenters. The molecule has 0 bridgehead atoms. The van der Waals surface area contributed by atoms with Crippen LogP contribution < -0.4 is 20.7 Å². The van der Waals surface area contributed by atoms with Crippen LogP contribution in [0.25, 0.3) is 6.08 Å². The number of benzene rings is 1. The number of nitrogens with one attached hydrogen (secondary N) is 1. The first-order valence-electron chi connectivity index (χ1n) is 5.74. The average Bonchev–Trinajstić information content (AvgIpc) is 2.83. The summed E-state index contributed by atoms with van der Waals surface area (Å²) in [6, 6.07) is 3.95. The van der Waals surface area contributed by atoms with E-state index in [1.54, 1.807) is 20.4 Å². The first kappa shape index (κ1) is 15.8. The number of hydrogen-bond donors (Lipinski definition) is 2. The van der Waals surface area contributed by atoms with Gasteiger partial charge in [0.15, 0.2) is 11.5 Å². The Morgan fingerprint density at radius 2 is 1.95 bits per heavy atom. The number of nitrogens with two attached hydrogens (primary N) is 1. The van der Waals surface area contributed by atoms with Gasteiger partial charge in [-0.3, -0.25) is 5.43 Å². The van der Waals surface area contributed by atoms with Crippen LogP contribution in [0, 0.1) is 0 Å². The second-order valence-corrected chi connectivity index (χ2v) is 3.97. The number of fused-ring (bicyclic) bond motifs is 1. The molecule has 20 heavy (non-hydrogen) atoms. The Bertz CT molecular complexity index is 556. The van der Waals surface area contributed by atoms with Crippen LogP contribution in [0.15, 0.2) is 27.9 Å². The molecule has 0 saturated carbocycles. The Labute approximate surface area is 123 Å². The zero-order chi connectivity index (χ0) is 13.7. The van der Waals surface area contributed by atoms with Gasteiger partial charge in [-0.25, -0.2) is 0 Å². The predicted molar refractivity (Wildman–Crippen MR) is 82.8 cm³/mol. The molecular weight excluding hydrogens is 280 g/mol. The number of methoxy groups -OCH3 is 2. The van der Waals surface area contributed by atoms with Gasteiger partial charge in [0.25, 0.3) is 0 Å². The molecule has 0 fully saturated rings. The lowest BCUT2D eigenvalue weighted by Crippen LogP contribution is -2.04. The van der Waals surface area contributed by atoms with Crippen molar-refractivity contribution in [1.29, 1.82) is 0 Å². The van der Waals surface area contributed by atoms with E-state index in [9.17, 15) is 0 Å². The summed E-state index contributed by atoms with van der Waals surface area (Å²) < 4.78 is 10.6. The fraction of sp³-hybridized carbons (Fsp3) is 0.231. The normalized spacial score (nSPS) is 13.0.